The van der Waals surface area contributed by atoms with Crippen molar-refractivity contribution < 1.29 is 0 Å². The molecule has 5 nitrogen and oxygen atoms in total. The number of nitrogens with zero attached hydrogens (tertiary/aromatic N) is 3. The van der Waals surface area contributed by atoms with Crippen molar-refractivity contribution in [3.05, 3.63) is 36.5 Å². The molecule has 1 aliphatic heterocycles. The molecule has 0 aliphatic carbocycles. The fraction of sp³-hybridized carbons (Fsp3) is 0.333. The van der Waals surface area contributed by atoms with Gasteiger partial charge < -0.3 is 16.0 Å². The Balaban J connectivity index is 2.06. The minimum atomic E-state index is 0.315. The van der Waals surface area contributed by atoms with E-state index in [4.69, 9.17) is 5.73 Å². The van der Waals surface area contributed by atoms with Crippen molar-refractivity contribution in [2.45, 2.75) is 13.0 Å². The van der Waals surface area contributed by atoms with E-state index in [9.17, 15) is 0 Å². The van der Waals surface area contributed by atoms with Gasteiger partial charge in [0.15, 0.2) is 0 Å². The summed E-state index contributed by atoms with van der Waals surface area (Å²) in [4.78, 5) is 11.0. The summed E-state index contributed by atoms with van der Waals surface area (Å²) in [7, 11) is 0. The Hall–Kier alpha value is -2.14. The van der Waals surface area contributed by atoms with Crippen LogP contribution in [-0.4, -0.2) is 35.6 Å². The molecule has 1 saturated heterocycles. The lowest BCUT2D eigenvalue weighted by molar-refractivity contribution is 0.500. The lowest BCUT2D eigenvalue weighted by Gasteiger charge is -2.36. The van der Waals surface area contributed by atoms with Crippen LogP contribution in [-0.2, 0) is 0 Å². The lowest BCUT2D eigenvalue weighted by atomic mass is 10.1. The summed E-state index contributed by atoms with van der Waals surface area (Å²) < 4.78 is 0. The minimum Gasteiger partial charge on any atom is -0.368 e. The molecule has 1 unspecified atom stereocenters. The van der Waals surface area contributed by atoms with Gasteiger partial charge in [-0.2, -0.15) is 0 Å². The number of hydrogen-bond donors (Lipinski definition) is 2. The van der Waals surface area contributed by atoms with E-state index in [1.54, 1.807) is 0 Å². The van der Waals surface area contributed by atoms with Crippen LogP contribution >= 0.6 is 0 Å². The zero-order valence-corrected chi connectivity index (χ0v) is 11.6. The van der Waals surface area contributed by atoms with E-state index in [-0.39, 0.29) is 0 Å². The molecule has 3 N–H and O–H groups in total. The molecular formula is C15H19N5. The van der Waals surface area contributed by atoms with E-state index in [0.29, 0.717) is 12.0 Å². The van der Waals surface area contributed by atoms with Crippen molar-refractivity contribution in [3.63, 3.8) is 0 Å². The second kappa shape index (κ2) is 5.46. The van der Waals surface area contributed by atoms with Gasteiger partial charge in [-0.05, 0) is 6.92 Å². The van der Waals surface area contributed by atoms with E-state index in [1.807, 2.05) is 24.4 Å². The summed E-state index contributed by atoms with van der Waals surface area (Å²) in [5.41, 5.74) is 8.81. The van der Waals surface area contributed by atoms with E-state index in [0.717, 1.165) is 36.6 Å². The van der Waals surface area contributed by atoms with Crippen LogP contribution in [0.3, 0.4) is 0 Å². The van der Waals surface area contributed by atoms with Crippen molar-refractivity contribution in [2.75, 3.05) is 30.3 Å². The normalized spacial score (nSPS) is 19.1. The van der Waals surface area contributed by atoms with E-state index in [1.165, 1.54) is 0 Å². The molecule has 20 heavy (non-hydrogen) atoms. The molecule has 1 fully saturated rings. The van der Waals surface area contributed by atoms with Crippen molar-refractivity contribution in [1.29, 1.82) is 0 Å². The van der Waals surface area contributed by atoms with E-state index >= 15 is 0 Å². The van der Waals surface area contributed by atoms with Crippen LogP contribution < -0.4 is 16.0 Å². The van der Waals surface area contributed by atoms with Crippen molar-refractivity contribution in [1.82, 2.24) is 15.3 Å². The van der Waals surface area contributed by atoms with Gasteiger partial charge in [-0.15, -0.1) is 0 Å². The summed E-state index contributed by atoms with van der Waals surface area (Å²) in [5, 5.41) is 3.40. The first-order valence-corrected chi connectivity index (χ1v) is 6.91. The van der Waals surface area contributed by atoms with Gasteiger partial charge in [0.05, 0.1) is 17.6 Å². The highest BCUT2D eigenvalue weighted by atomic mass is 15.2. The molecule has 1 aromatic heterocycles. The Morgan fingerprint density at radius 2 is 2.10 bits per heavy atom. The molecule has 0 spiro atoms. The largest absolute Gasteiger partial charge is 0.368 e. The predicted octanol–water partition coefficient (Wildman–Crippen LogP) is 1.52. The number of piperazine rings is 1. The molecule has 3 rings (SSSR count). The van der Waals surface area contributed by atoms with Crippen LogP contribution in [0.15, 0.2) is 36.5 Å². The van der Waals surface area contributed by atoms with Crippen molar-refractivity contribution >= 4 is 11.6 Å². The molecule has 1 aromatic carbocycles. The molecule has 104 valence electrons. The fourth-order valence-corrected chi connectivity index (χ4v) is 2.61. The van der Waals surface area contributed by atoms with Crippen molar-refractivity contribution in [3.8, 4) is 11.3 Å². The van der Waals surface area contributed by atoms with Crippen LogP contribution in [0.4, 0.5) is 11.6 Å². The highest BCUT2D eigenvalue weighted by Gasteiger charge is 2.22. The molecule has 2 heterocycles. The number of aromatic nitrogens is 2. The first-order valence-electron chi connectivity index (χ1n) is 6.91. The first kappa shape index (κ1) is 12.9. The number of benzene rings is 1. The second-order valence-corrected chi connectivity index (χ2v) is 5.07. The maximum atomic E-state index is 5.78. The average molecular weight is 269 g/mol. The van der Waals surface area contributed by atoms with Crippen LogP contribution in [0.1, 0.15) is 6.92 Å². The second-order valence-electron chi connectivity index (χ2n) is 5.07. The fourth-order valence-electron chi connectivity index (χ4n) is 2.61. The van der Waals surface area contributed by atoms with Gasteiger partial charge >= 0.3 is 0 Å². The van der Waals surface area contributed by atoms with E-state index in [2.05, 4.69) is 39.2 Å². The number of anilines is 2. The summed E-state index contributed by atoms with van der Waals surface area (Å²) in [6, 6.07) is 10.5. The molecule has 5 heteroatoms. The van der Waals surface area contributed by atoms with Gasteiger partial charge in [0.1, 0.15) is 0 Å². The van der Waals surface area contributed by atoms with Gasteiger partial charge in [-0.3, -0.25) is 0 Å². The molecule has 1 atom stereocenters. The molecule has 1 aliphatic rings. The summed E-state index contributed by atoms with van der Waals surface area (Å²) >= 11 is 0. The van der Waals surface area contributed by atoms with Crippen LogP contribution in [0.25, 0.3) is 11.3 Å². The number of hydrogen-bond acceptors (Lipinski definition) is 5. The molecule has 0 amide bonds. The highest BCUT2D eigenvalue weighted by Crippen LogP contribution is 2.30. The zero-order chi connectivity index (χ0) is 13.9. The van der Waals surface area contributed by atoms with Crippen molar-refractivity contribution in [2.24, 2.45) is 0 Å². The topological polar surface area (TPSA) is 67.1 Å². The quantitative estimate of drug-likeness (QED) is 0.865. The monoisotopic (exact) mass is 269 g/mol. The number of nitrogen functional groups attached to an aromatic ring is 1. The van der Waals surface area contributed by atoms with Gasteiger partial charge in [-0.1, -0.05) is 30.3 Å². The smallest absolute Gasteiger partial charge is 0.220 e. The Kier molecular flexibility index (Phi) is 3.52. The number of rotatable bonds is 2. The maximum Gasteiger partial charge on any atom is 0.220 e. The molecule has 0 saturated carbocycles. The molecule has 0 radical (unpaired) electrons. The number of nitrogens with one attached hydrogen (secondary N) is 1. The Bertz CT molecular complexity index is 584. The summed E-state index contributed by atoms with van der Waals surface area (Å²) in [6.45, 7) is 5.10. The summed E-state index contributed by atoms with van der Waals surface area (Å²) in [5.74, 6) is 0.315. The number of nitrogens with two attached hydrogens (primary N) is 1. The van der Waals surface area contributed by atoms with Crippen LogP contribution in [0.2, 0.25) is 0 Å². The highest BCUT2D eigenvalue weighted by molar-refractivity contribution is 5.75. The molecular weight excluding hydrogens is 250 g/mol. The third-order valence-electron chi connectivity index (χ3n) is 3.65. The van der Waals surface area contributed by atoms with Crippen LogP contribution in [0.5, 0.6) is 0 Å². The van der Waals surface area contributed by atoms with Crippen LogP contribution in [0, 0.1) is 0 Å². The summed E-state index contributed by atoms with van der Waals surface area (Å²) in [6.07, 6.45) is 1.84. The lowest BCUT2D eigenvalue weighted by Crippen LogP contribution is -2.50. The third-order valence-corrected chi connectivity index (χ3v) is 3.65. The SMILES string of the molecule is CC1CNCCN1c1cnc(N)nc1-c1ccccc1. The zero-order valence-electron chi connectivity index (χ0n) is 11.6. The first-order chi connectivity index (χ1) is 9.75. The minimum absolute atomic E-state index is 0.315. The maximum absolute atomic E-state index is 5.78. The van der Waals surface area contributed by atoms with Gasteiger partial charge in [-0.25, -0.2) is 9.97 Å². The van der Waals surface area contributed by atoms with E-state index < -0.39 is 0 Å². The van der Waals surface area contributed by atoms with Gasteiger partial charge in [0, 0.05) is 31.2 Å². The Labute approximate surface area is 118 Å². The molecule has 2 aromatic rings. The third kappa shape index (κ3) is 2.44. The Morgan fingerprint density at radius 1 is 1.30 bits per heavy atom. The average Bonchev–Trinajstić information content (AvgIpc) is 2.49. The van der Waals surface area contributed by atoms with Gasteiger partial charge in [0.25, 0.3) is 0 Å². The molecule has 0 bridgehead atoms. The standard InChI is InChI=1S/C15H19N5/c1-11-9-17-7-8-20(11)13-10-18-15(16)19-14(13)12-5-3-2-4-6-12/h2-6,10-11,17H,7-9H2,1H3,(H2,16,18,19). The Morgan fingerprint density at radius 3 is 2.85 bits per heavy atom. The van der Waals surface area contributed by atoms with Gasteiger partial charge in [0.2, 0.25) is 5.95 Å². The predicted molar refractivity (Wildman–Crippen MR) is 81.6 cm³/mol.